The number of carbonyl (C=O) groups is 1. The van der Waals surface area contributed by atoms with E-state index in [0.717, 1.165) is 22.9 Å². The first-order valence-corrected chi connectivity index (χ1v) is 6.82. The van der Waals surface area contributed by atoms with E-state index in [1.807, 2.05) is 24.3 Å². The molecule has 18 heavy (non-hydrogen) atoms. The van der Waals surface area contributed by atoms with Gasteiger partial charge in [0, 0.05) is 11.0 Å². The first-order valence-electron chi connectivity index (χ1n) is 6.02. The molecule has 1 fully saturated rings. The molecule has 2 atom stereocenters. The topological polar surface area (TPSA) is 60.8 Å². The normalized spacial score (nSPS) is 21.7. The Hall–Kier alpha value is -1.07. The summed E-state index contributed by atoms with van der Waals surface area (Å²) in [7, 11) is 0. The van der Waals surface area contributed by atoms with E-state index in [4.69, 9.17) is 5.11 Å². The van der Waals surface area contributed by atoms with Gasteiger partial charge in [-0.2, -0.15) is 0 Å². The van der Waals surface area contributed by atoms with Crippen LogP contribution in [0.25, 0.3) is 0 Å². The number of halogens is 1. The van der Waals surface area contributed by atoms with Gasteiger partial charge in [-0.25, -0.2) is 4.79 Å². The van der Waals surface area contributed by atoms with E-state index in [1.54, 1.807) is 0 Å². The quantitative estimate of drug-likeness (QED) is 0.882. The molecule has 98 valence electrons. The SMILES string of the molecule is O=C(O)N1CCCCC1[C@@H](O)c1cccc(Br)c1. The molecule has 4 nitrogen and oxygen atoms in total. The Bertz CT molecular complexity index is 438. The van der Waals surface area contributed by atoms with E-state index in [0.29, 0.717) is 13.0 Å². The number of likely N-dealkylation sites (tertiary alicyclic amines) is 1. The molecule has 2 N–H and O–H groups in total. The molecule has 0 saturated carbocycles. The largest absolute Gasteiger partial charge is 0.465 e. The lowest BCUT2D eigenvalue weighted by atomic mass is 9.93. The second-order valence-corrected chi connectivity index (χ2v) is 5.45. The Balaban J connectivity index is 2.20. The highest BCUT2D eigenvalue weighted by Gasteiger charge is 2.32. The van der Waals surface area contributed by atoms with Crippen LogP contribution in [-0.4, -0.2) is 33.8 Å². The maximum atomic E-state index is 11.2. The molecule has 1 saturated heterocycles. The highest BCUT2D eigenvalue weighted by molar-refractivity contribution is 9.10. The maximum absolute atomic E-state index is 11.2. The summed E-state index contributed by atoms with van der Waals surface area (Å²) < 4.78 is 0.886. The molecule has 1 aliphatic heterocycles. The van der Waals surface area contributed by atoms with Crippen molar-refractivity contribution in [3.8, 4) is 0 Å². The van der Waals surface area contributed by atoms with Crippen LogP contribution in [0.1, 0.15) is 30.9 Å². The summed E-state index contributed by atoms with van der Waals surface area (Å²) in [6, 6.07) is 7.04. The van der Waals surface area contributed by atoms with E-state index in [2.05, 4.69) is 15.9 Å². The van der Waals surface area contributed by atoms with Crippen LogP contribution in [0.3, 0.4) is 0 Å². The van der Waals surface area contributed by atoms with Crippen molar-refractivity contribution in [1.29, 1.82) is 0 Å². The van der Waals surface area contributed by atoms with Crippen LogP contribution in [0.4, 0.5) is 4.79 Å². The average Bonchev–Trinajstić information content (AvgIpc) is 2.38. The fraction of sp³-hybridized carbons (Fsp3) is 0.462. The highest BCUT2D eigenvalue weighted by atomic mass is 79.9. The van der Waals surface area contributed by atoms with Crippen LogP contribution in [0.15, 0.2) is 28.7 Å². The molecule has 1 aromatic carbocycles. The van der Waals surface area contributed by atoms with Crippen LogP contribution in [0.2, 0.25) is 0 Å². The van der Waals surface area contributed by atoms with E-state index >= 15 is 0 Å². The van der Waals surface area contributed by atoms with Crippen LogP contribution < -0.4 is 0 Å². The molecule has 0 spiro atoms. The monoisotopic (exact) mass is 313 g/mol. The molecule has 0 radical (unpaired) electrons. The van der Waals surface area contributed by atoms with Gasteiger partial charge in [-0.15, -0.1) is 0 Å². The Morgan fingerprint density at radius 3 is 2.89 bits per heavy atom. The lowest BCUT2D eigenvalue weighted by molar-refractivity contribution is 0.0285. The van der Waals surface area contributed by atoms with Crippen LogP contribution >= 0.6 is 15.9 Å². The predicted molar refractivity (Wildman–Crippen MR) is 71.5 cm³/mol. The van der Waals surface area contributed by atoms with Crippen LogP contribution in [0.5, 0.6) is 0 Å². The number of nitrogens with zero attached hydrogens (tertiary/aromatic N) is 1. The third-order valence-electron chi connectivity index (χ3n) is 3.35. The second-order valence-electron chi connectivity index (χ2n) is 4.54. The van der Waals surface area contributed by atoms with Gasteiger partial charge in [0.1, 0.15) is 0 Å². The smallest absolute Gasteiger partial charge is 0.407 e. The number of hydrogen-bond donors (Lipinski definition) is 2. The Labute approximate surface area is 114 Å². The minimum absolute atomic E-state index is 0.342. The Kier molecular flexibility index (Phi) is 4.24. The minimum Gasteiger partial charge on any atom is -0.465 e. The lowest BCUT2D eigenvalue weighted by Gasteiger charge is -2.36. The number of rotatable bonds is 2. The first-order chi connectivity index (χ1) is 8.59. The number of aliphatic hydroxyl groups is 1. The molecule has 1 amide bonds. The second kappa shape index (κ2) is 5.71. The molecule has 0 aromatic heterocycles. The fourth-order valence-electron chi connectivity index (χ4n) is 2.44. The lowest BCUT2D eigenvalue weighted by Crippen LogP contribution is -2.46. The van der Waals surface area contributed by atoms with Crippen molar-refractivity contribution in [3.05, 3.63) is 34.3 Å². The number of benzene rings is 1. The van der Waals surface area contributed by atoms with Gasteiger partial charge in [-0.3, -0.25) is 0 Å². The summed E-state index contributed by atoms with van der Waals surface area (Å²) in [4.78, 5) is 12.5. The van der Waals surface area contributed by atoms with Crippen LogP contribution in [-0.2, 0) is 0 Å². The van der Waals surface area contributed by atoms with Gasteiger partial charge >= 0.3 is 6.09 Å². The molecule has 0 bridgehead atoms. The molecule has 1 unspecified atom stereocenters. The van der Waals surface area contributed by atoms with E-state index in [-0.39, 0.29) is 6.04 Å². The van der Waals surface area contributed by atoms with E-state index < -0.39 is 12.2 Å². The first kappa shape index (κ1) is 13.4. The summed E-state index contributed by atoms with van der Waals surface area (Å²) in [6.07, 6.45) is 0.820. The van der Waals surface area contributed by atoms with Crippen molar-refractivity contribution in [1.82, 2.24) is 4.90 Å². The summed E-state index contributed by atoms with van der Waals surface area (Å²) in [6.45, 7) is 0.505. The van der Waals surface area contributed by atoms with Crippen molar-refractivity contribution < 1.29 is 15.0 Å². The molecule has 2 rings (SSSR count). The van der Waals surface area contributed by atoms with Gasteiger partial charge in [-0.1, -0.05) is 28.1 Å². The number of carboxylic acid groups (broad SMARTS) is 1. The molecule has 0 aliphatic carbocycles. The van der Waals surface area contributed by atoms with Crippen molar-refractivity contribution in [2.75, 3.05) is 6.54 Å². The fourth-order valence-corrected chi connectivity index (χ4v) is 2.85. The van der Waals surface area contributed by atoms with E-state index in [9.17, 15) is 9.90 Å². The van der Waals surface area contributed by atoms with Crippen LogP contribution in [0, 0.1) is 0 Å². The zero-order chi connectivity index (χ0) is 13.1. The summed E-state index contributed by atoms with van der Waals surface area (Å²) in [5, 5.41) is 19.5. The van der Waals surface area contributed by atoms with Gasteiger partial charge in [0.2, 0.25) is 0 Å². The zero-order valence-corrected chi connectivity index (χ0v) is 11.5. The summed E-state index contributed by atoms with van der Waals surface area (Å²) in [5.74, 6) is 0. The number of amides is 1. The molecular weight excluding hydrogens is 298 g/mol. The van der Waals surface area contributed by atoms with Gasteiger partial charge < -0.3 is 15.1 Å². The molecule has 1 aromatic rings. The van der Waals surface area contributed by atoms with Crippen molar-refractivity contribution in [2.24, 2.45) is 0 Å². The highest BCUT2D eigenvalue weighted by Crippen LogP contribution is 2.29. The Morgan fingerprint density at radius 1 is 1.44 bits per heavy atom. The van der Waals surface area contributed by atoms with Gasteiger partial charge in [0.05, 0.1) is 12.1 Å². The number of aliphatic hydroxyl groups excluding tert-OH is 1. The minimum atomic E-state index is -0.950. The number of hydrogen-bond acceptors (Lipinski definition) is 2. The molecular formula is C13H16BrNO3. The predicted octanol–water partition coefficient (Wildman–Crippen LogP) is 3.02. The van der Waals surface area contributed by atoms with Gasteiger partial charge in [-0.05, 0) is 37.0 Å². The zero-order valence-electron chi connectivity index (χ0n) is 9.92. The number of piperidine rings is 1. The Morgan fingerprint density at radius 2 is 2.22 bits per heavy atom. The standard InChI is InChI=1S/C13H16BrNO3/c14-10-5-3-4-9(8-10)12(16)11-6-1-2-7-15(11)13(17)18/h3-5,8,11-12,16H,1-2,6-7H2,(H,17,18)/t11?,12-/m0/s1. The van der Waals surface area contributed by atoms with Crippen molar-refractivity contribution in [3.63, 3.8) is 0 Å². The van der Waals surface area contributed by atoms with Crippen molar-refractivity contribution in [2.45, 2.75) is 31.4 Å². The van der Waals surface area contributed by atoms with Gasteiger partial charge in [0.15, 0.2) is 0 Å². The average molecular weight is 314 g/mol. The summed E-state index contributed by atoms with van der Waals surface area (Å²) >= 11 is 3.36. The molecule has 1 heterocycles. The summed E-state index contributed by atoms with van der Waals surface area (Å²) in [5.41, 5.74) is 0.752. The molecule has 1 aliphatic rings. The third kappa shape index (κ3) is 2.84. The van der Waals surface area contributed by atoms with E-state index in [1.165, 1.54) is 4.90 Å². The van der Waals surface area contributed by atoms with Gasteiger partial charge in [0.25, 0.3) is 0 Å². The van der Waals surface area contributed by atoms with Crippen molar-refractivity contribution >= 4 is 22.0 Å². The molecule has 5 heteroatoms. The third-order valence-corrected chi connectivity index (χ3v) is 3.84. The maximum Gasteiger partial charge on any atom is 0.407 e.